The van der Waals surface area contributed by atoms with Crippen LogP contribution in [0.3, 0.4) is 0 Å². The first-order valence-electron chi connectivity index (χ1n) is 6.50. The van der Waals surface area contributed by atoms with E-state index in [0.717, 1.165) is 25.9 Å². The monoisotopic (exact) mass is 297 g/mol. The Morgan fingerprint density at radius 3 is 2.65 bits per heavy atom. The molecule has 0 aromatic carbocycles. The van der Waals surface area contributed by atoms with Crippen LogP contribution in [0.15, 0.2) is 0 Å². The van der Waals surface area contributed by atoms with Crippen LogP contribution in [0.25, 0.3) is 0 Å². The zero-order valence-corrected chi connectivity index (χ0v) is 12.5. The van der Waals surface area contributed by atoms with Gasteiger partial charge in [-0.05, 0) is 12.8 Å². The zero-order valence-electron chi connectivity index (χ0n) is 11.7. The largest absolute Gasteiger partial charge is 0.382 e. The fourth-order valence-corrected chi connectivity index (χ4v) is 2.94. The Hall–Kier alpha value is -1.83. The molecule has 8 heteroatoms. The summed E-state index contributed by atoms with van der Waals surface area (Å²) < 4.78 is 0. The van der Waals surface area contributed by atoms with Gasteiger partial charge in [-0.15, -0.1) is 0 Å². The Labute approximate surface area is 121 Å². The molecule has 0 bridgehead atoms. The quantitative estimate of drug-likeness (QED) is 0.842. The Morgan fingerprint density at radius 2 is 2.10 bits per heavy atom. The van der Waals surface area contributed by atoms with Crippen LogP contribution in [0.1, 0.15) is 22.5 Å². The molecule has 1 aliphatic rings. The van der Waals surface area contributed by atoms with E-state index < -0.39 is 0 Å². The minimum absolute atomic E-state index is 0.0183. The number of likely N-dealkylation sites (N-methyl/N-ethyl adjacent to an activating group) is 1. The summed E-state index contributed by atoms with van der Waals surface area (Å²) in [4.78, 5) is 31.9. The number of carbonyl (C=O) groups is 2. The topological polar surface area (TPSA) is 91.6 Å². The van der Waals surface area contributed by atoms with Crippen molar-refractivity contribution >= 4 is 34.1 Å². The van der Waals surface area contributed by atoms with Crippen molar-refractivity contribution in [2.45, 2.75) is 12.8 Å². The van der Waals surface area contributed by atoms with Gasteiger partial charge in [0.15, 0.2) is 5.13 Å². The highest BCUT2D eigenvalue weighted by Crippen LogP contribution is 2.25. The molecule has 0 unspecified atom stereocenters. The highest BCUT2D eigenvalue weighted by Gasteiger charge is 2.24. The van der Waals surface area contributed by atoms with Gasteiger partial charge in [-0.2, -0.15) is 0 Å². The predicted molar refractivity (Wildman–Crippen MR) is 78.8 cm³/mol. The fraction of sp³-hybridized carbons (Fsp3) is 0.583. The Morgan fingerprint density at radius 1 is 1.45 bits per heavy atom. The summed E-state index contributed by atoms with van der Waals surface area (Å²) in [7, 11) is 3.32. The van der Waals surface area contributed by atoms with Crippen molar-refractivity contribution in [2.75, 3.05) is 44.8 Å². The second-order valence-electron chi connectivity index (χ2n) is 4.73. The van der Waals surface area contributed by atoms with E-state index in [2.05, 4.69) is 10.3 Å². The van der Waals surface area contributed by atoms with E-state index >= 15 is 0 Å². The van der Waals surface area contributed by atoms with Crippen LogP contribution in [0.2, 0.25) is 0 Å². The number of rotatable bonds is 4. The maximum atomic E-state index is 12.3. The summed E-state index contributed by atoms with van der Waals surface area (Å²) in [6.45, 7) is 1.64. The Balaban J connectivity index is 2.00. The van der Waals surface area contributed by atoms with Gasteiger partial charge in [-0.1, -0.05) is 11.3 Å². The number of aromatic nitrogens is 1. The van der Waals surface area contributed by atoms with Gasteiger partial charge in [-0.25, -0.2) is 4.98 Å². The standard InChI is InChI=1S/C12H19N5O2S/c1-14-12-15-10(13)9(20-12)11(19)16(2)7-8(18)17-5-3-4-6-17/h3-7,13H2,1-2H3,(H,14,15). The molecule has 0 atom stereocenters. The molecule has 0 saturated carbocycles. The lowest BCUT2D eigenvalue weighted by molar-refractivity contribution is -0.130. The molecule has 0 aliphatic carbocycles. The maximum absolute atomic E-state index is 12.3. The van der Waals surface area contributed by atoms with Crippen LogP contribution in [0.4, 0.5) is 10.9 Å². The molecule has 2 amide bonds. The lowest BCUT2D eigenvalue weighted by atomic mass is 10.4. The van der Waals surface area contributed by atoms with Gasteiger partial charge < -0.3 is 20.9 Å². The minimum atomic E-state index is -0.269. The Bertz CT molecular complexity index is 510. The Kier molecular flexibility index (Phi) is 4.43. The van der Waals surface area contributed by atoms with Gasteiger partial charge in [0.2, 0.25) is 5.91 Å². The molecule has 1 saturated heterocycles. The number of likely N-dealkylation sites (tertiary alicyclic amines) is 1. The fourth-order valence-electron chi connectivity index (χ4n) is 2.11. The third-order valence-electron chi connectivity index (χ3n) is 3.24. The molecule has 1 aliphatic heterocycles. The number of nitrogen functional groups attached to an aromatic ring is 1. The van der Waals surface area contributed by atoms with E-state index in [0.29, 0.717) is 10.0 Å². The first-order valence-corrected chi connectivity index (χ1v) is 7.32. The number of hydrogen-bond acceptors (Lipinski definition) is 6. The van der Waals surface area contributed by atoms with Gasteiger partial charge in [0, 0.05) is 27.2 Å². The number of anilines is 2. The molecule has 0 radical (unpaired) electrons. The van der Waals surface area contributed by atoms with Crippen LogP contribution >= 0.6 is 11.3 Å². The van der Waals surface area contributed by atoms with E-state index in [1.807, 2.05) is 0 Å². The maximum Gasteiger partial charge on any atom is 0.268 e. The molecule has 110 valence electrons. The number of nitrogens with one attached hydrogen (secondary N) is 1. The number of nitrogens with two attached hydrogens (primary N) is 1. The first-order chi connectivity index (χ1) is 9.52. The van der Waals surface area contributed by atoms with E-state index in [4.69, 9.17) is 5.73 Å². The van der Waals surface area contributed by atoms with Crippen molar-refractivity contribution in [3.8, 4) is 0 Å². The summed E-state index contributed by atoms with van der Waals surface area (Å²) in [5.74, 6) is -0.0888. The van der Waals surface area contributed by atoms with Crippen LogP contribution in [-0.4, -0.2) is 60.3 Å². The second-order valence-corrected chi connectivity index (χ2v) is 5.73. The summed E-state index contributed by atoms with van der Waals surface area (Å²) in [5, 5.41) is 3.44. The minimum Gasteiger partial charge on any atom is -0.382 e. The lowest BCUT2D eigenvalue weighted by Gasteiger charge is -2.20. The van der Waals surface area contributed by atoms with Crippen molar-refractivity contribution in [3.05, 3.63) is 4.88 Å². The molecule has 3 N–H and O–H groups in total. The molecular formula is C12H19N5O2S. The highest BCUT2D eigenvalue weighted by atomic mass is 32.1. The van der Waals surface area contributed by atoms with Crippen molar-refractivity contribution < 1.29 is 9.59 Å². The van der Waals surface area contributed by atoms with Gasteiger partial charge in [-0.3, -0.25) is 9.59 Å². The number of amides is 2. The molecule has 0 spiro atoms. The van der Waals surface area contributed by atoms with Crippen molar-refractivity contribution in [2.24, 2.45) is 0 Å². The highest BCUT2D eigenvalue weighted by molar-refractivity contribution is 7.18. The van der Waals surface area contributed by atoms with Crippen LogP contribution in [0, 0.1) is 0 Å². The van der Waals surface area contributed by atoms with Crippen molar-refractivity contribution in [1.29, 1.82) is 0 Å². The van der Waals surface area contributed by atoms with Gasteiger partial charge in [0.05, 0.1) is 6.54 Å². The third kappa shape index (κ3) is 3.01. The average molecular weight is 297 g/mol. The number of hydrogen-bond donors (Lipinski definition) is 2. The average Bonchev–Trinajstić information content (AvgIpc) is 3.06. The molecule has 1 aromatic rings. The van der Waals surface area contributed by atoms with Crippen LogP contribution in [0.5, 0.6) is 0 Å². The predicted octanol–water partition coefficient (Wildman–Crippen LogP) is 0.461. The van der Waals surface area contributed by atoms with Crippen LogP contribution in [-0.2, 0) is 4.79 Å². The van der Waals surface area contributed by atoms with Crippen molar-refractivity contribution in [1.82, 2.24) is 14.8 Å². The molecular weight excluding hydrogens is 278 g/mol. The second kappa shape index (κ2) is 6.08. The number of carbonyl (C=O) groups excluding carboxylic acids is 2. The molecule has 1 aromatic heterocycles. The smallest absolute Gasteiger partial charge is 0.268 e. The SMILES string of the molecule is CNc1nc(N)c(C(=O)N(C)CC(=O)N2CCCC2)s1. The van der Waals surface area contributed by atoms with Gasteiger partial charge in [0.25, 0.3) is 5.91 Å². The molecule has 2 heterocycles. The molecule has 1 fully saturated rings. The summed E-state index contributed by atoms with van der Waals surface area (Å²) in [6.07, 6.45) is 2.08. The zero-order chi connectivity index (χ0) is 14.7. The first kappa shape index (κ1) is 14.6. The summed E-state index contributed by atoms with van der Waals surface area (Å²) >= 11 is 1.19. The van der Waals surface area contributed by atoms with E-state index in [-0.39, 0.29) is 24.2 Å². The van der Waals surface area contributed by atoms with E-state index in [1.165, 1.54) is 16.2 Å². The van der Waals surface area contributed by atoms with E-state index in [9.17, 15) is 9.59 Å². The van der Waals surface area contributed by atoms with E-state index in [1.54, 1.807) is 19.0 Å². The van der Waals surface area contributed by atoms with Gasteiger partial charge in [0.1, 0.15) is 10.7 Å². The lowest BCUT2D eigenvalue weighted by Crippen LogP contribution is -2.39. The third-order valence-corrected chi connectivity index (χ3v) is 4.32. The normalized spacial score (nSPS) is 14.4. The molecule has 20 heavy (non-hydrogen) atoms. The summed E-state index contributed by atoms with van der Waals surface area (Å²) in [6, 6.07) is 0. The van der Waals surface area contributed by atoms with Crippen molar-refractivity contribution in [3.63, 3.8) is 0 Å². The van der Waals surface area contributed by atoms with Crippen LogP contribution < -0.4 is 11.1 Å². The summed E-state index contributed by atoms with van der Waals surface area (Å²) in [5.41, 5.74) is 5.73. The molecule has 7 nitrogen and oxygen atoms in total. The molecule has 2 rings (SSSR count). The van der Waals surface area contributed by atoms with Gasteiger partial charge >= 0.3 is 0 Å². The number of nitrogens with zero attached hydrogens (tertiary/aromatic N) is 3. The number of thiazole rings is 1.